The lowest BCUT2D eigenvalue weighted by Crippen LogP contribution is -2.54. The van der Waals surface area contributed by atoms with Crippen molar-refractivity contribution in [3.8, 4) is 0 Å². The maximum atomic E-state index is 13.0. The van der Waals surface area contributed by atoms with Gasteiger partial charge in [0.05, 0.1) is 0 Å². The van der Waals surface area contributed by atoms with Gasteiger partial charge in [-0.2, -0.15) is 0 Å². The Kier molecular flexibility index (Phi) is 8.28. The lowest BCUT2D eigenvalue weighted by Gasteiger charge is -2.36. The lowest BCUT2D eigenvalue weighted by molar-refractivity contribution is -0.124. The summed E-state index contributed by atoms with van der Waals surface area (Å²) in [7, 11) is 0. The van der Waals surface area contributed by atoms with Crippen LogP contribution in [0.25, 0.3) is 0 Å². The summed E-state index contributed by atoms with van der Waals surface area (Å²) in [5.74, 6) is -0.234. The molecule has 2 N–H and O–H groups in total. The van der Waals surface area contributed by atoms with Gasteiger partial charge in [0.2, 0.25) is 5.91 Å². The van der Waals surface area contributed by atoms with Gasteiger partial charge in [-0.25, -0.2) is 0 Å². The number of halogens is 1. The largest absolute Gasteiger partial charge is 0.354 e. The van der Waals surface area contributed by atoms with Crippen molar-refractivity contribution in [3.63, 3.8) is 0 Å². The van der Waals surface area contributed by atoms with Crippen LogP contribution in [0.15, 0.2) is 54.6 Å². The second kappa shape index (κ2) is 11.1. The fourth-order valence-electron chi connectivity index (χ4n) is 3.84. The molecule has 1 heterocycles. The number of nitrogens with zero attached hydrogens (tertiary/aromatic N) is 1. The van der Waals surface area contributed by atoms with Gasteiger partial charge >= 0.3 is 0 Å². The number of hydrogen-bond donors (Lipinski definition) is 2. The van der Waals surface area contributed by atoms with Gasteiger partial charge in [0.1, 0.15) is 6.04 Å². The van der Waals surface area contributed by atoms with Gasteiger partial charge < -0.3 is 15.5 Å². The van der Waals surface area contributed by atoms with Gasteiger partial charge in [-0.05, 0) is 61.1 Å². The molecule has 1 saturated heterocycles. The van der Waals surface area contributed by atoms with E-state index in [1.165, 1.54) is 0 Å². The zero-order valence-electron chi connectivity index (χ0n) is 18.5. The van der Waals surface area contributed by atoms with E-state index in [-0.39, 0.29) is 23.6 Å². The molecule has 1 atom stereocenters. The van der Waals surface area contributed by atoms with Crippen LogP contribution in [-0.4, -0.2) is 48.3 Å². The van der Waals surface area contributed by atoms with Crippen molar-refractivity contribution in [2.24, 2.45) is 11.8 Å². The maximum absolute atomic E-state index is 13.0. The first-order chi connectivity index (χ1) is 15.3. The van der Waals surface area contributed by atoms with Crippen LogP contribution in [0.3, 0.4) is 0 Å². The van der Waals surface area contributed by atoms with Crippen molar-refractivity contribution in [1.29, 1.82) is 0 Å². The molecule has 1 aliphatic rings. The van der Waals surface area contributed by atoms with Crippen LogP contribution in [0.2, 0.25) is 5.02 Å². The minimum atomic E-state index is -0.644. The van der Waals surface area contributed by atoms with Gasteiger partial charge in [-0.3, -0.25) is 14.4 Å². The summed E-state index contributed by atoms with van der Waals surface area (Å²) in [5.41, 5.74) is 1.11. The van der Waals surface area contributed by atoms with Crippen molar-refractivity contribution < 1.29 is 14.4 Å². The molecule has 1 aliphatic heterocycles. The molecule has 2 aromatic carbocycles. The number of hydrogen-bond acceptors (Lipinski definition) is 3. The lowest BCUT2D eigenvalue weighted by atomic mass is 9.88. The molecule has 7 heteroatoms. The average molecular weight is 456 g/mol. The minimum absolute atomic E-state index is 0.0470. The highest BCUT2D eigenvalue weighted by atomic mass is 35.5. The Morgan fingerprint density at radius 3 is 2.19 bits per heavy atom. The van der Waals surface area contributed by atoms with Crippen LogP contribution in [0.5, 0.6) is 0 Å². The summed E-state index contributed by atoms with van der Waals surface area (Å²) in [6.45, 7) is 5.66. The fraction of sp³-hybridized carbons (Fsp3) is 0.400. The first-order valence-corrected chi connectivity index (χ1v) is 11.4. The molecule has 6 nitrogen and oxygen atoms in total. The molecule has 0 bridgehead atoms. The van der Waals surface area contributed by atoms with Crippen LogP contribution in [0.1, 0.15) is 47.4 Å². The number of carbonyl (C=O) groups excluding carboxylic acids is 3. The fourth-order valence-corrected chi connectivity index (χ4v) is 3.96. The Balaban J connectivity index is 1.67. The van der Waals surface area contributed by atoms with Crippen LogP contribution in [0, 0.1) is 11.8 Å². The normalized spacial score (nSPS) is 15.3. The Labute approximate surface area is 194 Å². The zero-order chi connectivity index (χ0) is 23.1. The van der Waals surface area contributed by atoms with Gasteiger partial charge in [0.25, 0.3) is 11.8 Å². The predicted octanol–water partition coefficient (Wildman–Crippen LogP) is 3.76. The number of carbonyl (C=O) groups is 3. The van der Waals surface area contributed by atoms with Gasteiger partial charge in [0, 0.05) is 35.8 Å². The molecule has 0 aliphatic carbocycles. The molecular formula is C25H30ClN3O3. The highest BCUT2D eigenvalue weighted by molar-refractivity contribution is 6.30. The van der Waals surface area contributed by atoms with Crippen molar-refractivity contribution >= 4 is 29.3 Å². The van der Waals surface area contributed by atoms with Gasteiger partial charge in [-0.15, -0.1) is 0 Å². The molecule has 0 aromatic heterocycles. The quantitative estimate of drug-likeness (QED) is 0.667. The second-order valence-electron chi connectivity index (χ2n) is 8.59. The first-order valence-electron chi connectivity index (χ1n) is 11.0. The van der Waals surface area contributed by atoms with Crippen LogP contribution < -0.4 is 10.6 Å². The monoisotopic (exact) mass is 455 g/mol. The first kappa shape index (κ1) is 23.8. The van der Waals surface area contributed by atoms with Crippen LogP contribution >= 0.6 is 11.6 Å². The Morgan fingerprint density at radius 2 is 1.59 bits per heavy atom. The minimum Gasteiger partial charge on any atom is -0.354 e. The topological polar surface area (TPSA) is 78.5 Å². The average Bonchev–Trinajstić information content (AvgIpc) is 2.81. The Bertz CT molecular complexity index is 923. The summed E-state index contributed by atoms with van der Waals surface area (Å²) in [6, 6.07) is 15.1. The Morgan fingerprint density at radius 1 is 0.969 bits per heavy atom. The number of amides is 3. The predicted molar refractivity (Wildman–Crippen MR) is 126 cm³/mol. The van der Waals surface area contributed by atoms with Crippen LogP contribution in [-0.2, 0) is 4.79 Å². The summed E-state index contributed by atoms with van der Waals surface area (Å²) in [6.07, 6.45) is 1.27. The van der Waals surface area contributed by atoms with Gasteiger partial charge in [0.15, 0.2) is 0 Å². The standard InChI is InChI=1S/C25H30ClN3O3/c1-17(2)16-27-24(31)22(28-23(30)19-6-4-3-5-7-19)18-12-14-29(15-13-18)25(32)20-8-10-21(26)11-9-20/h3-11,17-18,22H,12-16H2,1-2H3,(H,27,31)(H,28,30)/t22-/m1/s1. The number of piperidine rings is 1. The summed E-state index contributed by atoms with van der Waals surface area (Å²) < 4.78 is 0. The van der Waals surface area contributed by atoms with E-state index in [4.69, 9.17) is 11.6 Å². The number of nitrogens with one attached hydrogen (secondary N) is 2. The van der Waals surface area contributed by atoms with E-state index in [1.807, 2.05) is 19.9 Å². The molecule has 3 rings (SSSR count). The molecule has 0 unspecified atom stereocenters. The smallest absolute Gasteiger partial charge is 0.253 e. The second-order valence-corrected chi connectivity index (χ2v) is 9.03. The molecule has 2 aromatic rings. The third-order valence-corrected chi connectivity index (χ3v) is 5.93. The van der Waals surface area contributed by atoms with Crippen molar-refractivity contribution in [2.75, 3.05) is 19.6 Å². The molecule has 0 saturated carbocycles. The van der Waals surface area contributed by atoms with Crippen LogP contribution in [0.4, 0.5) is 0 Å². The molecule has 0 radical (unpaired) electrons. The third-order valence-electron chi connectivity index (χ3n) is 5.68. The van der Waals surface area contributed by atoms with E-state index in [0.29, 0.717) is 54.5 Å². The van der Waals surface area contributed by atoms with E-state index in [1.54, 1.807) is 53.4 Å². The molecule has 32 heavy (non-hydrogen) atoms. The molecule has 170 valence electrons. The number of benzene rings is 2. The Hall–Kier alpha value is -2.86. The SMILES string of the molecule is CC(C)CNC(=O)[C@H](NC(=O)c1ccccc1)C1CCN(C(=O)c2ccc(Cl)cc2)CC1. The van der Waals surface area contributed by atoms with E-state index in [0.717, 1.165) is 0 Å². The zero-order valence-corrected chi connectivity index (χ0v) is 19.3. The summed E-state index contributed by atoms with van der Waals surface area (Å²) in [5, 5.41) is 6.48. The molecule has 1 fully saturated rings. The van der Waals surface area contributed by atoms with Gasteiger partial charge in [-0.1, -0.05) is 43.6 Å². The highest BCUT2D eigenvalue weighted by Crippen LogP contribution is 2.23. The summed E-state index contributed by atoms with van der Waals surface area (Å²) >= 11 is 5.92. The summed E-state index contributed by atoms with van der Waals surface area (Å²) in [4.78, 5) is 40.3. The molecule has 0 spiro atoms. The molecular weight excluding hydrogens is 426 g/mol. The number of likely N-dealkylation sites (tertiary alicyclic amines) is 1. The van der Waals surface area contributed by atoms with E-state index >= 15 is 0 Å². The van der Waals surface area contributed by atoms with E-state index in [2.05, 4.69) is 10.6 Å². The van der Waals surface area contributed by atoms with E-state index in [9.17, 15) is 14.4 Å². The van der Waals surface area contributed by atoms with Crippen molar-refractivity contribution in [2.45, 2.75) is 32.7 Å². The van der Waals surface area contributed by atoms with Crippen molar-refractivity contribution in [3.05, 3.63) is 70.7 Å². The molecule has 3 amide bonds. The van der Waals surface area contributed by atoms with E-state index < -0.39 is 6.04 Å². The number of rotatable bonds is 7. The van der Waals surface area contributed by atoms with Crippen molar-refractivity contribution in [1.82, 2.24) is 15.5 Å². The third kappa shape index (κ3) is 6.33. The maximum Gasteiger partial charge on any atom is 0.253 e. The highest BCUT2D eigenvalue weighted by Gasteiger charge is 2.34.